The van der Waals surface area contributed by atoms with E-state index in [9.17, 15) is 48.9 Å². The monoisotopic (exact) mass is 946 g/mol. The number of aldehydes is 2. The van der Waals surface area contributed by atoms with Gasteiger partial charge in [0, 0.05) is 58.5 Å². The van der Waals surface area contributed by atoms with Crippen LogP contribution in [0.15, 0.2) is 35.5 Å². The number of ether oxygens (including phenoxy) is 5. The molecule has 3 rings (SSSR count). The first-order chi connectivity index (χ1) is 31.7. The van der Waals surface area contributed by atoms with Crippen molar-refractivity contribution >= 4 is 41.8 Å². The van der Waals surface area contributed by atoms with Crippen molar-refractivity contribution in [3.8, 4) is 0 Å². The lowest BCUT2D eigenvalue weighted by molar-refractivity contribution is -0.265. The Hall–Kier alpha value is -3.77. The molecule has 1 amide bonds. The van der Waals surface area contributed by atoms with E-state index in [1.807, 2.05) is 13.8 Å². The first-order valence-corrected chi connectivity index (χ1v) is 24.1. The van der Waals surface area contributed by atoms with Gasteiger partial charge in [-0.25, -0.2) is 4.79 Å². The average molecular weight is 946 g/mol. The van der Waals surface area contributed by atoms with Crippen molar-refractivity contribution in [2.24, 2.45) is 35.5 Å². The van der Waals surface area contributed by atoms with E-state index in [2.05, 4.69) is 0 Å². The second-order valence-electron chi connectivity index (χ2n) is 19.5. The Morgan fingerprint density at radius 1 is 0.896 bits per heavy atom. The van der Waals surface area contributed by atoms with E-state index in [0.717, 1.165) is 4.90 Å². The Bertz CT molecular complexity index is 1780. The van der Waals surface area contributed by atoms with E-state index in [1.54, 1.807) is 53.9 Å². The highest BCUT2D eigenvalue weighted by Crippen LogP contribution is 2.37. The van der Waals surface area contributed by atoms with Crippen LogP contribution in [0.1, 0.15) is 126 Å². The molecule has 2 saturated heterocycles. The largest absolute Gasteiger partial charge is 0.460 e. The van der Waals surface area contributed by atoms with Crippen molar-refractivity contribution in [1.82, 2.24) is 4.90 Å². The summed E-state index contributed by atoms with van der Waals surface area (Å²) in [5.74, 6) is -8.60. The topological polar surface area (TPSA) is 230 Å². The molecule has 67 heavy (non-hydrogen) atoms. The smallest absolute Gasteiger partial charge is 0.329 e. The summed E-state index contributed by atoms with van der Waals surface area (Å²) < 4.78 is 28.8. The predicted octanol–water partition coefficient (Wildman–Crippen LogP) is 5.01. The van der Waals surface area contributed by atoms with Crippen LogP contribution in [-0.2, 0) is 57.2 Å². The minimum Gasteiger partial charge on any atom is -0.460 e. The molecule has 1 saturated carbocycles. The van der Waals surface area contributed by atoms with Gasteiger partial charge in [-0.1, -0.05) is 46.8 Å². The summed E-state index contributed by atoms with van der Waals surface area (Å²) in [4.78, 5) is 93.1. The Labute approximate surface area is 397 Å². The molecule has 15 atom stereocenters. The molecule has 0 spiro atoms. The van der Waals surface area contributed by atoms with Gasteiger partial charge < -0.3 is 43.9 Å². The first kappa shape index (κ1) is 57.5. The average Bonchev–Trinajstić information content (AvgIpc) is 3.30. The number of rotatable bonds is 26. The number of carbonyl (C=O) groups excluding carboxylic acids is 7. The molecule has 16 nitrogen and oxygen atoms in total. The lowest BCUT2D eigenvalue weighted by atomic mass is 9.78. The summed E-state index contributed by atoms with van der Waals surface area (Å²) in [6.07, 6.45) is 6.39. The van der Waals surface area contributed by atoms with Crippen LogP contribution in [-0.4, -0.2) is 144 Å². The Morgan fingerprint density at radius 3 is 2.22 bits per heavy atom. The van der Waals surface area contributed by atoms with E-state index < -0.39 is 83.9 Å². The van der Waals surface area contributed by atoms with Crippen LogP contribution in [0.4, 0.5) is 0 Å². The molecule has 0 aromatic rings. The Kier molecular flexibility index (Phi) is 23.6. The predicted molar refractivity (Wildman–Crippen MR) is 248 cm³/mol. The first-order valence-electron chi connectivity index (χ1n) is 24.1. The standard InChI is InChI=1S/C51H79NO15/c1-30(14-13-22-53)24-34(5)45(57)47(65-10)46(58)35(6)25-32(3)41(56)29-43(33(4)26-37-17-19-40(55)44(27-37)64-9)66-50(61)39-15-11-12-21-52(39)49(60)48(59)51(62)36(7)16-18-38(67-51)28-42(63-8)31(2)20-23-54/h13-14,20,22-23,25,30,32-34,36-40,42-44,46-47,55,58,62H,11-12,15-19,21,24,26-29H2,1-10H3/b14-13-,31-20+,35-25+/t30-,32-,33-,34-,36-,37+,38+,39+,40-,42+,43+,44-,46-,47+,51-/m1/s1. The number of carbonyl (C=O) groups is 7. The van der Waals surface area contributed by atoms with E-state index in [0.29, 0.717) is 81.5 Å². The van der Waals surface area contributed by atoms with Crippen LogP contribution >= 0.6 is 0 Å². The molecule has 2 aliphatic heterocycles. The van der Waals surface area contributed by atoms with Gasteiger partial charge in [0.25, 0.3) is 11.7 Å². The number of nitrogens with zero attached hydrogens (tertiary/aromatic N) is 1. The quantitative estimate of drug-likeness (QED) is 0.0341. The van der Waals surface area contributed by atoms with Crippen molar-refractivity contribution in [2.45, 2.75) is 180 Å². The number of hydrogen-bond donors (Lipinski definition) is 3. The number of aliphatic hydroxyl groups excluding tert-OH is 2. The number of piperidine rings is 1. The number of hydrogen-bond acceptors (Lipinski definition) is 15. The van der Waals surface area contributed by atoms with Crippen LogP contribution in [0.5, 0.6) is 0 Å². The number of likely N-dealkylation sites (tertiary alicyclic amines) is 1. The van der Waals surface area contributed by atoms with E-state index in [-0.39, 0.29) is 61.2 Å². The Balaban J connectivity index is 1.85. The number of ketones is 3. The van der Waals surface area contributed by atoms with Gasteiger partial charge in [0.2, 0.25) is 5.79 Å². The van der Waals surface area contributed by atoms with Crippen molar-refractivity contribution in [3.05, 3.63) is 35.5 Å². The number of Topliss-reactive ketones (excluding diaryl/α,β-unsaturated/α-hetero) is 3. The fourth-order valence-corrected chi connectivity index (χ4v) is 9.93. The van der Waals surface area contributed by atoms with Crippen LogP contribution in [0, 0.1) is 35.5 Å². The van der Waals surface area contributed by atoms with Gasteiger partial charge in [0.15, 0.2) is 5.78 Å². The minimum absolute atomic E-state index is 0.0467. The summed E-state index contributed by atoms with van der Waals surface area (Å²) in [6.45, 7) is 12.1. The van der Waals surface area contributed by atoms with E-state index in [1.165, 1.54) is 26.4 Å². The molecule has 16 heteroatoms. The molecule has 3 N–H and O–H groups in total. The zero-order chi connectivity index (χ0) is 50.2. The van der Waals surface area contributed by atoms with Gasteiger partial charge in [0.1, 0.15) is 42.7 Å². The zero-order valence-corrected chi connectivity index (χ0v) is 41.4. The van der Waals surface area contributed by atoms with Crippen molar-refractivity contribution in [1.29, 1.82) is 0 Å². The van der Waals surface area contributed by atoms with Crippen LogP contribution in [0.2, 0.25) is 0 Å². The van der Waals surface area contributed by atoms with Gasteiger partial charge in [0.05, 0.1) is 24.4 Å². The molecule has 0 bridgehead atoms. The maximum absolute atomic E-state index is 14.4. The van der Waals surface area contributed by atoms with Gasteiger partial charge >= 0.3 is 5.97 Å². The van der Waals surface area contributed by atoms with E-state index in [4.69, 9.17) is 23.7 Å². The van der Waals surface area contributed by atoms with Crippen LogP contribution in [0.25, 0.3) is 0 Å². The third kappa shape index (κ3) is 15.9. The van der Waals surface area contributed by atoms with Gasteiger partial charge in [-0.15, -0.1) is 0 Å². The molecule has 0 radical (unpaired) electrons. The molecule has 1 aliphatic carbocycles. The number of allylic oxidation sites excluding steroid dienone is 4. The Morgan fingerprint density at radius 2 is 1.60 bits per heavy atom. The highest BCUT2D eigenvalue weighted by atomic mass is 16.6. The molecule has 2 heterocycles. The highest BCUT2D eigenvalue weighted by molar-refractivity contribution is 6.39. The molecular weight excluding hydrogens is 867 g/mol. The molecule has 0 aromatic carbocycles. The summed E-state index contributed by atoms with van der Waals surface area (Å²) in [5, 5.41) is 33.6. The maximum Gasteiger partial charge on any atom is 0.329 e. The molecule has 0 aromatic heterocycles. The number of methoxy groups -OCH3 is 3. The third-order valence-corrected chi connectivity index (χ3v) is 14.3. The fourth-order valence-electron chi connectivity index (χ4n) is 9.93. The van der Waals surface area contributed by atoms with Gasteiger partial charge in [-0.05, 0) is 119 Å². The van der Waals surface area contributed by atoms with Gasteiger partial charge in [-0.3, -0.25) is 28.8 Å². The SMILES string of the molecule is CO[C@@H](C[C@@H]1CC[C@@H](C)[C@](O)(C(=O)C(=O)N2CCCC[C@H]2C(=O)O[C@@H](CC(=O)[C@H](C)/C=C(\C)[C@@H](O)[C@@H](OC)C(=O)[C@H](C)C[C@H](C)/C=C\C=O)[C@H](C)C[C@@H]2CC[C@@H](O)[C@H](OC)C2)O1)/C(C)=C/C=O. The number of esters is 1. The maximum atomic E-state index is 14.4. The summed E-state index contributed by atoms with van der Waals surface area (Å²) in [6, 6.07) is -1.19. The molecule has 0 unspecified atom stereocenters. The normalized spacial score (nSPS) is 28.9. The second kappa shape index (κ2) is 27.4. The molecule has 3 fully saturated rings. The van der Waals surface area contributed by atoms with Gasteiger partial charge in [-0.2, -0.15) is 0 Å². The van der Waals surface area contributed by atoms with Crippen molar-refractivity contribution < 1.29 is 72.6 Å². The second-order valence-corrected chi connectivity index (χ2v) is 19.5. The van der Waals surface area contributed by atoms with Crippen LogP contribution < -0.4 is 0 Å². The third-order valence-electron chi connectivity index (χ3n) is 14.3. The lowest BCUT2D eigenvalue weighted by Crippen LogP contribution is -2.61. The van der Waals surface area contributed by atoms with Crippen LogP contribution in [0.3, 0.4) is 0 Å². The van der Waals surface area contributed by atoms with Crippen molar-refractivity contribution in [2.75, 3.05) is 27.9 Å². The van der Waals surface area contributed by atoms with E-state index >= 15 is 0 Å². The fraction of sp³-hybridized carbons (Fsp3) is 0.745. The lowest BCUT2D eigenvalue weighted by Gasteiger charge is -2.42. The minimum atomic E-state index is -2.48. The summed E-state index contributed by atoms with van der Waals surface area (Å²) in [5.41, 5.74) is 0.970. The van der Waals surface area contributed by atoms with Crippen molar-refractivity contribution in [3.63, 3.8) is 0 Å². The highest BCUT2D eigenvalue weighted by Gasteiger charge is 2.53. The molecule has 3 aliphatic rings. The summed E-state index contributed by atoms with van der Waals surface area (Å²) in [7, 11) is 4.35. The number of amides is 1. The molecule has 378 valence electrons. The molecular formula is C51H79NO15. The summed E-state index contributed by atoms with van der Waals surface area (Å²) >= 11 is 0. The number of aliphatic hydroxyl groups is 3. The zero-order valence-electron chi connectivity index (χ0n) is 41.4.